The lowest BCUT2D eigenvalue weighted by molar-refractivity contribution is 0.417. The van der Waals surface area contributed by atoms with Crippen LogP contribution >= 0.6 is 0 Å². The van der Waals surface area contributed by atoms with Gasteiger partial charge >= 0.3 is 0 Å². The molecule has 0 aliphatic carbocycles. The normalized spacial score (nSPS) is 13.6. The average Bonchev–Trinajstić information content (AvgIpc) is 2.45. The van der Waals surface area contributed by atoms with Crippen LogP contribution in [0.1, 0.15) is 33.6 Å². The first-order valence-electron chi connectivity index (χ1n) is 7.11. The number of anilines is 1. The Morgan fingerprint density at radius 1 is 1.26 bits per heavy atom. The van der Waals surface area contributed by atoms with E-state index >= 15 is 0 Å². The molecule has 0 amide bonds. The van der Waals surface area contributed by atoms with Gasteiger partial charge in [-0.15, -0.1) is 0 Å². The van der Waals surface area contributed by atoms with Crippen molar-refractivity contribution >= 4 is 5.69 Å². The van der Waals surface area contributed by atoms with Crippen LogP contribution < -0.4 is 10.2 Å². The number of benzene rings is 1. The molecule has 1 rings (SSSR count). The summed E-state index contributed by atoms with van der Waals surface area (Å²) in [5.41, 5.74) is 0.859. The maximum absolute atomic E-state index is 9.23. The fourth-order valence-corrected chi connectivity index (χ4v) is 2.31. The molecule has 0 radical (unpaired) electrons. The molecular formula is C16H25N3. The van der Waals surface area contributed by atoms with Gasteiger partial charge in [0.15, 0.2) is 0 Å². The Balaban J connectivity index is 2.49. The fourth-order valence-electron chi connectivity index (χ4n) is 2.31. The first-order chi connectivity index (χ1) is 9.15. The summed E-state index contributed by atoms with van der Waals surface area (Å²) in [6.07, 6.45) is 1.89. The smallest absolute Gasteiger partial charge is 0.103 e. The summed E-state index contributed by atoms with van der Waals surface area (Å²) in [5, 5.41) is 12.5. The third-order valence-electron chi connectivity index (χ3n) is 3.42. The van der Waals surface area contributed by atoms with Crippen molar-refractivity contribution in [3.8, 4) is 6.07 Å². The molecule has 0 spiro atoms. The van der Waals surface area contributed by atoms with Gasteiger partial charge in [-0.05, 0) is 45.4 Å². The SMILES string of the molecule is CCNC(C)(C#N)CCCN(CC)c1ccccc1. The molecule has 1 unspecified atom stereocenters. The Hall–Kier alpha value is -1.53. The van der Waals surface area contributed by atoms with E-state index in [9.17, 15) is 5.26 Å². The van der Waals surface area contributed by atoms with Crippen molar-refractivity contribution < 1.29 is 0 Å². The van der Waals surface area contributed by atoms with E-state index in [0.29, 0.717) is 0 Å². The number of hydrogen-bond acceptors (Lipinski definition) is 3. The predicted molar refractivity (Wildman–Crippen MR) is 81.3 cm³/mol. The summed E-state index contributed by atoms with van der Waals surface area (Å²) in [4.78, 5) is 2.35. The molecular weight excluding hydrogens is 234 g/mol. The maximum Gasteiger partial charge on any atom is 0.103 e. The second-order valence-corrected chi connectivity index (χ2v) is 4.99. The number of hydrogen-bond donors (Lipinski definition) is 1. The minimum Gasteiger partial charge on any atom is -0.372 e. The van der Waals surface area contributed by atoms with E-state index in [1.54, 1.807) is 0 Å². The number of nitriles is 1. The molecule has 1 aromatic rings. The quantitative estimate of drug-likeness (QED) is 0.779. The van der Waals surface area contributed by atoms with Crippen LogP contribution in [0.4, 0.5) is 5.69 Å². The van der Waals surface area contributed by atoms with Crippen molar-refractivity contribution in [1.29, 1.82) is 5.26 Å². The van der Waals surface area contributed by atoms with E-state index in [0.717, 1.165) is 32.5 Å². The molecule has 0 heterocycles. The monoisotopic (exact) mass is 259 g/mol. The minimum atomic E-state index is -0.398. The maximum atomic E-state index is 9.23. The Morgan fingerprint density at radius 2 is 1.95 bits per heavy atom. The Labute approximate surface area is 117 Å². The van der Waals surface area contributed by atoms with Gasteiger partial charge in [0.2, 0.25) is 0 Å². The van der Waals surface area contributed by atoms with Gasteiger partial charge in [-0.3, -0.25) is 5.32 Å². The van der Waals surface area contributed by atoms with E-state index in [-0.39, 0.29) is 0 Å². The number of nitrogens with zero attached hydrogens (tertiary/aromatic N) is 2. The van der Waals surface area contributed by atoms with E-state index in [4.69, 9.17) is 0 Å². The van der Waals surface area contributed by atoms with Gasteiger partial charge in [0.1, 0.15) is 5.54 Å². The van der Waals surface area contributed by atoms with E-state index in [1.807, 2.05) is 19.9 Å². The van der Waals surface area contributed by atoms with Gasteiger partial charge in [0.05, 0.1) is 6.07 Å². The Kier molecular flexibility index (Phi) is 6.38. The predicted octanol–water partition coefficient (Wildman–Crippen LogP) is 3.18. The van der Waals surface area contributed by atoms with Gasteiger partial charge in [-0.2, -0.15) is 5.26 Å². The molecule has 104 valence electrons. The molecule has 0 aliphatic heterocycles. The van der Waals surface area contributed by atoms with Gasteiger partial charge in [0.25, 0.3) is 0 Å². The van der Waals surface area contributed by atoms with Crippen LogP contribution in [0.25, 0.3) is 0 Å². The molecule has 0 saturated heterocycles. The van der Waals surface area contributed by atoms with Crippen LogP contribution in [0, 0.1) is 11.3 Å². The summed E-state index contributed by atoms with van der Waals surface area (Å²) in [5.74, 6) is 0. The van der Waals surface area contributed by atoms with Crippen LogP contribution in [-0.4, -0.2) is 25.2 Å². The van der Waals surface area contributed by atoms with Crippen molar-refractivity contribution in [2.24, 2.45) is 0 Å². The highest BCUT2D eigenvalue weighted by molar-refractivity contribution is 5.45. The number of rotatable bonds is 8. The first kappa shape index (κ1) is 15.5. The first-order valence-corrected chi connectivity index (χ1v) is 7.11. The zero-order valence-electron chi connectivity index (χ0n) is 12.3. The topological polar surface area (TPSA) is 39.1 Å². The molecule has 1 aromatic carbocycles. The number of nitrogens with one attached hydrogen (secondary N) is 1. The highest BCUT2D eigenvalue weighted by atomic mass is 15.1. The van der Waals surface area contributed by atoms with Gasteiger partial charge in [-0.1, -0.05) is 25.1 Å². The Morgan fingerprint density at radius 3 is 2.47 bits per heavy atom. The molecule has 3 heteroatoms. The van der Waals surface area contributed by atoms with Crippen LogP contribution in [0.2, 0.25) is 0 Å². The lowest BCUT2D eigenvalue weighted by Crippen LogP contribution is -2.41. The number of para-hydroxylation sites is 1. The minimum absolute atomic E-state index is 0.398. The molecule has 0 aliphatic rings. The van der Waals surface area contributed by atoms with Crippen molar-refractivity contribution in [1.82, 2.24) is 5.32 Å². The van der Waals surface area contributed by atoms with Crippen LogP contribution in [0.15, 0.2) is 30.3 Å². The third kappa shape index (κ3) is 4.92. The molecule has 3 nitrogen and oxygen atoms in total. The van der Waals surface area contributed by atoms with Crippen LogP contribution in [0.3, 0.4) is 0 Å². The highest BCUT2D eigenvalue weighted by Gasteiger charge is 2.21. The van der Waals surface area contributed by atoms with Crippen molar-refractivity contribution in [3.05, 3.63) is 30.3 Å². The van der Waals surface area contributed by atoms with Crippen molar-refractivity contribution in [2.45, 2.75) is 39.2 Å². The Bertz CT molecular complexity index is 396. The lowest BCUT2D eigenvalue weighted by atomic mass is 9.97. The molecule has 19 heavy (non-hydrogen) atoms. The second-order valence-electron chi connectivity index (χ2n) is 4.99. The molecule has 1 atom stereocenters. The second kappa shape index (κ2) is 7.81. The summed E-state index contributed by atoms with van der Waals surface area (Å²) in [6.45, 7) is 9.01. The van der Waals surface area contributed by atoms with Crippen LogP contribution in [0.5, 0.6) is 0 Å². The zero-order valence-corrected chi connectivity index (χ0v) is 12.3. The van der Waals surface area contributed by atoms with E-state index < -0.39 is 5.54 Å². The average molecular weight is 259 g/mol. The molecule has 1 N–H and O–H groups in total. The lowest BCUT2D eigenvalue weighted by Gasteiger charge is -2.26. The molecule has 0 fully saturated rings. The molecule has 0 bridgehead atoms. The van der Waals surface area contributed by atoms with Gasteiger partial charge in [0, 0.05) is 18.8 Å². The standard InChI is InChI=1S/C16H25N3/c1-4-18-16(3,14-17)12-9-13-19(5-2)15-10-7-6-8-11-15/h6-8,10-11,18H,4-5,9,12-13H2,1-3H3. The molecule has 0 saturated carbocycles. The van der Waals surface area contributed by atoms with Gasteiger partial charge in [-0.25, -0.2) is 0 Å². The van der Waals surface area contributed by atoms with Gasteiger partial charge < -0.3 is 4.90 Å². The summed E-state index contributed by atoms with van der Waals surface area (Å²) >= 11 is 0. The molecule has 0 aromatic heterocycles. The van der Waals surface area contributed by atoms with Crippen molar-refractivity contribution in [3.63, 3.8) is 0 Å². The highest BCUT2D eigenvalue weighted by Crippen LogP contribution is 2.16. The summed E-state index contributed by atoms with van der Waals surface area (Å²) in [6, 6.07) is 12.8. The third-order valence-corrected chi connectivity index (χ3v) is 3.42. The van der Waals surface area contributed by atoms with Crippen LogP contribution in [-0.2, 0) is 0 Å². The fraction of sp³-hybridized carbons (Fsp3) is 0.562. The zero-order chi connectivity index (χ0) is 14.1. The summed E-state index contributed by atoms with van der Waals surface area (Å²) < 4.78 is 0. The van der Waals surface area contributed by atoms with Crippen molar-refractivity contribution in [2.75, 3.05) is 24.5 Å². The summed E-state index contributed by atoms with van der Waals surface area (Å²) in [7, 11) is 0. The largest absolute Gasteiger partial charge is 0.372 e. The van der Waals surface area contributed by atoms with E-state index in [2.05, 4.69) is 47.5 Å². The van der Waals surface area contributed by atoms with E-state index in [1.165, 1.54) is 5.69 Å².